The molecule has 2 N–H and O–H groups in total. The molecule has 0 aliphatic carbocycles. The van der Waals surface area contributed by atoms with Crippen LogP contribution < -0.4 is 15.4 Å². The largest absolute Gasteiger partial charge is 0.497 e. The first-order valence-electron chi connectivity index (χ1n) is 10.1. The Morgan fingerprint density at radius 3 is 2.41 bits per heavy atom. The van der Waals surface area contributed by atoms with Gasteiger partial charge in [0, 0.05) is 39.0 Å². The molecule has 0 unspecified atom stereocenters. The zero-order valence-corrected chi connectivity index (χ0v) is 19.7. The highest BCUT2D eigenvalue weighted by Crippen LogP contribution is 2.13. The molecule has 0 atom stereocenters. The van der Waals surface area contributed by atoms with E-state index < -0.39 is 0 Å². The van der Waals surface area contributed by atoms with E-state index in [0.29, 0.717) is 32.4 Å². The number of hydrogen-bond donors (Lipinski definition) is 2. The molecule has 1 fully saturated rings. The number of likely N-dealkylation sites (tertiary alicyclic amines) is 1. The molecule has 8 heteroatoms. The van der Waals surface area contributed by atoms with Gasteiger partial charge in [-0.05, 0) is 50.3 Å². The zero-order chi connectivity index (χ0) is 20.2. The van der Waals surface area contributed by atoms with Crippen molar-refractivity contribution in [2.45, 2.75) is 45.4 Å². The van der Waals surface area contributed by atoms with Crippen LogP contribution in [-0.2, 0) is 16.0 Å². The summed E-state index contributed by atoms with van der Waals surface area (Å²) in [7, 11) is 1.67. The van der Waals surface area contributed by atoms with Crippen molar-refractivity contribution in [2.75, 3.05) is 33.3 Å². The van der Waals surface area contributed by atoms with E-state index in [9.17, 15) is 9.59 Å². The molecule has 7 nitrogen and oxygen atoms in total. The van der Waals surface area contributed by atoms with Crippen LogP contribution in [0.2, 0.25) is 0 Å². The average molecular weight is 516 g/mol. The van der Waals surface area contributed by atoms with E-state index in [2.05, 4.69) is 27.8 Å². The molecule has 1 aliphatic heterocycles. The number of unbranched alkanes of at least 4 members (excludes halogenated alkanes) is 1. The van der Waals surface area contributed by atoms with Crippen LogP contribution in [0, 0.1) is 0 Å². The summed E-state index contributed by atoms with van der Waals surface area (Å²) in [6.07, 6.45) is 4.67. The fourth-order valence-corrected chi connectivity index (χ4v) is 3.10. The second-order valence-electron chi connectivity index (χ2n) is 6.79. The van der Waals surface area contributed by atoms with Crippen LogP contribution in [0.25, 0.3) is 0 Å². The van der Waals surface area contributed by atoms with Gasteiger partial charge in [0.15, 0.2) is 5.96 Å². The monoisotopic (exact) mass is 516 g/mol. The normalized spacial score (nSPS) is 14.4. The number of ether oxygens (including phenoxy) is 1. The molecule has 0 bridgehead atoms. The number of nitrogens with one attached hydrogen (secondary N) is 2. The predicted molar refractivity (Wildman–Crippen MR) is 126 cm³/mol. The van der Waals surface area contributed by atoms with Crippen LogP contribution in [0.1, 0.15) is 44.6 Å². The van der Waals surface area contributed by atoms with Crippen molar-refractivity contribution in [1.29, 1.82) is 0 Å². The number of imide groups is 1. The zero-order valence-electron chi connectivity index (χ0n) is 17.4. The van der Waals surface area contributed by atoms with Crippen LogP contribution in [0.3, 0.4) is 0 Å². The number of guanidine groups is 1. The second kappa shape index (κ2) is 14.2. The van der Waals surface area contributed by atoms with E-state index in [4.69, 9.17) is 4.74 Å². The van der Waals surface area contributed by atoms with Crippen LogP contribution in [0.5, 0.6) is 5.75 Å². The summed E-state index contributed by atoms with van der Waals surface area (Å²) in [6, 6.07) is 8.16. The van der Waals surface area contributed by atoms with Crippen molar-refractivity contribution in [3.05, 3.63) is 29.8 Å². The first-order valence-corrected chi connectivity index (χ1v) is 10.1. The van der Waals surface area contributed by atoms with E-state index in [1.165, 1.54) is 10.5 Å². The Morgan fingerprint density at radius 1 is 1.10 bits per heavy atom. The van der Waals surface area contributed by atoms with E-state index in [1.54, 1.807) is 7.11 Å². The fraction of sp³-hybridized carbons (Fsp3) is 0.571. The van der Waals surface area contributed by atoms with Crippen LogP contribution in [0.15, 0.2) is 29.3 Å². The number of nitrogens with zero attached hydrogens (tertiary/aromatic N) is 2. The highest BCUT2D eigenvalue weighted by Gasteiger charge is 2.25. The van der Waals surface area contributed by atoms with Crippen molar-refractivity contribution in [1.82, 2.24) is 15.5 Å². The van der Waals surface area contributed by atoms with Crippen molar-refractivity contribution in [2.24, 2.45) is 4.99 Å². The van der Waals surface area contributed by atoms with Crippen LogP contribution in [-0.4, -0.2) is 56.0 Å². The van der Waals surface area contributed by atoms with Gasteiger partial charge in [0.05, 0.1) is 7.11 Å². The Balaban J connectivity index is 0.00000420. The van der Waals surface area contributed by atoms with Gasteiger partial charge in [-0.1, -0.05) is 12.1 Å². The summed E-state index contributed by atoms with van der Waals surface area (Å²) in [4.78, 5) is 29.6. The lowest BCUT2D eigenvalue weighted by Gasteiger charge is -2.25. The van der Waals surface area contributed by atoms with Gasteiger partial charge >= 0.3 is 0 Å². The number of carbonyl (C=O) groups is 2. The molecule has 2 rings (SSSR count). The molecule has 0 spiro atoms. The van der Waals surface area contributed by atoms with Crippen molar-refractivity contribution in [3.8, 4) is 5.75 Å². The van der Waals surface area contributed by atoms with Crippen molar-refractivity contribution < 1.29 is 14.3 Å². The maximum absolute atomic E-state index is 11.8. The third-order valence-electron chi connectivity index (χ3n) is 4.66. The molecule has 1 aliphatic rings. The summed E-state index contributed by atoms with van der Waals surface area (Å²) in [5.41, 5.74) is 1.30. The van der Waals surface area contributed by atoms with Crippen LogP contribution >= 0.6 is 24.0 Å². The van der Waals surface area contributed by atoms with Gasteiger partial charge in [0.1, 0.15) is 5.75 Å². The molecule has 1 heterocycles. The maximum Gasteiger partial charge on any atom is 0.229 e. The standard InChI is InChI=1S/C21H32N4O3.HI/c1-3-22-21(24-15-16-25-19(26)8-6-9-20(25)27)23-14-5-4-7-17-10-12-18(28-2)13-11-17;/h10-13H,3-9,14-16H2,1-2H3,(H2,22,23,24);1H. The smallest absolute Gasteiger partial charge is 0.229 e. The molecule has 2 amide bonds. The van der Waals surface area contributed by atoms with Gasteiger partial charge < -0.3 is 15.4 Å². The number of carbonyl (C=O) groups excluding carboxylic acids is 2. The Hall–Kier alpha value is -1.84. The molecular formula is C21H33IN4O3. The Bertz CT molecular complexity index is 648. The molecule has 1 aromatic rings. The van der Waals surface area contributed by atoms with Crippen molar-refractivity contribution in [3.63, 3.8) is 0 Å². The lowest BCUT2D eigenvalue weighted by Crippen LogP contribution is -2.46. The predicted octanol–water partition coefficient (Wildman–Crippen LogP) is 2.73. The SMILES string of the molecule is CCNC(=NCCCCc1ccc(OC)cc1)NCCN1C(=O)CCCC1=O.I. The Labute approximate surface area is 190 Å². The third kappa shape index (κ3) is 9.01. The van der Waals surface area contributed by atoms with E-state index in [1.807, 2.05) is 19.1 Å². The number of methoxy groups -OCH3 is 1. The first-order chi connectivity index (χ1) is 13.6. The van der Waals surface area contributed by atoms with Crippen LogP contribution in [0.4, 0.5) is 0 Å². The highest BCUT2D eigenvalue weighted by atomic mass is 127. The number of aliphatic imine (C=N–C) groups is 1. The molecule has 0 saturated carbocycles. The summed E-state index contributed by atoms with van der Waals surface area (Å²) in [5, 5.41) is 6.41. The topological polar surface area (TPSA) is 83.0 Å². The molecule has 0 aromatic heterocycles. The van der Waals surface area contributed by atoms with Gasteiger partial charge in [0.2, 0.25) is 11.8 Å². The summed E-state index contributed by atoms with van der Waals surface area (Å²) < 4.78 is 5.17. The number of rotatable bonds is 10. The summed E-state index contributed by atoms with van der Waals surface area (Å²) in [5.74, 6) is 1.46. The Morgan fingerprint density at radius 2 is 1.79 bits per heavy atom. The van der Waals surface area contributed by atoms with Gasteiger partial charge in [-0.15, -0.1) is 24.0 Å². The molecule has 162 valence electrons. The first kappa shape index (κ1) is 25.2. The minimum atomic E-state index is -0.0708. The number of benzene rings is 1. The van der Waals surface area contributed by atoms with E-state index in [0.717, 1.165) is 44.1 Å². The summed E-state index contributed by atoms with van der Waals surface area (Å²) in [6.45, 7) is 4.40. The maximum atomic E-state index is 11.8. The number of hydrogen-bond acceptors (Lipinski definition) is 4. The number of piperidine rings is 1. The average Bonchev–Trinajstić information content (AvgIpc) is 2.70. The fourth-order valence-electron chi connectivity index (χ4n) is 3.10. The van der Waals surface area contributed by atoms with E-state index >= 15 is 0 Å². The van der Waals surface area contributed by atoms with Gasteiger partial charge in [-0.25, -0.2) is 0 Å². The molecule has 1 saturated heterocycles. The highest BCUT2D eigenvalue weighted by molar-refractivity contribution is 14.0. The molecule has 29 heavy (non-hydrogen) atoms. The second-order valence-corrected chi connectivity index (χ2v) is 6.79. The van der Waals surface area contributed by atoms with Gasteiger partial charge in [-0.3, -0.25) is 19.5 Å². The number of halogens is 1. The van der Waals surface area contributed by atoms with E-state index in [-0.39, 0.29) is 35.8 Å². The third-order valence-corrected chi connectivity index (χ3v) is 4.66. The number of aryl methyl sites for hydroxylation is 1. The minimum absolute atomic E-state index is 0. The molecular weight excluding hydrogens is 483 g/mol. The van der Waals surface area contributed by atoms with Gasteiger partial charge in [0.25, 0.3) is 0 Å². The quantitative estimate of drug-likeness (QED) is 0.164. The number of amides is 2. The van der Waals surface area contributed by atoms with Crippen molar-refractivity contribution >= 4 is 41.8 Å². The summed E-state index contributed by atoms with van der Waals surface area (Å²) >= 11 is 0. The Kier molecular flexibility index (Phi) is 12.3. The minimum Gasteiger partial charge on any atom is -0.497 e. The van der Waals surface area contributed by atoms with Gasteiger partial charge in [-0.2, -0.15) is 0 Å². The lowest BCUT2D eigenvalue weighted by molar-refractivity contribution is -0.147. The molecule has 0 radical (unpaired) electrons. The lowest BCUT2D eigenvalue weighted by atomic mass is 10.1. The molecule has 1 aromatic carbocycles.